The zero-order valence-electron chi connectivity index (χ0n) is 13.2. The Kier molecular flexibility index (Phi) is 4.09. The van der Waals surface area contributed by atoms with Crippen molar-refractivity contribution >= 4 is 10.0 Å². The van der Waals surface area contributed by atoms with Gasteiger partial charge in [0.15, 0.2) is 0 Å². The third-order valence-corrected chi connectivity index (χ3v) is 6.47. The van der Waals surface area contributed by atoms with Crippen LogP contribution in [0, 0.1) is 0 Å². The molecule has 0 saturated carbocycles. The molecule has 0 amide bonds. The van der Waals surface area contributed by atoms with E-state index in [0.29, 0.717) is 37.7 Å². The molecule has 0 aliphatic carbocycles. The molecule has 3 heterocycles. The van der Waals surface area contributed by atoms with E-state index in [1.165, 1.54) is 0 Å². The molecule has 0 spiro atoms. The smallest absolute Gasteiger partial charge is 0.243 e. The molecule has 1 atom stereocenters. The van der Waals surface area contributed by atoms with Crippen LogP contribution in [0.15, 0.2) is 47.6 Å². The lowest BCUT2D eigenvalue weighted by molar-refractivity contribution is 0.134. The van der Waals surface area contributed by atoms with Gasteiger partial charge in [-0.3, -0.25) is 4.98 Å². The van der Waals surface area contributed by atoms with E-state index in [2.05, 4.69) is 10.3 Å². The molecule has 1 aromatic carbocycles. The predicted octanol–water partition coefficient (Wildman–Crippen LogP) is 1.45. The lowest BCUT2D eigenvalue weighted by Gasteiger charge is -2.35. The van der Waals surface area contributed by atoms with Crippen molar-refractivity contribution in [2.24, 2.45) is 0 Å². The molecule has 1 fully saturated rings. The molecular weight excluding hydrogens is 326 g/mol. The summed E-state index contributed by atoms with van der Waals surface area (Å²) in [6.07, 6.45) is 3.43. The fraction of sp³-hybridized carbons (Fsp3) is 0.353. The Bertz CT molecular complexity index is 839. The predicted molar refractivity (Wildman–Crippen MR) is 88.7 cm³/mol. The van der Waals surface area contributed by atoms with Gasteiger partial charge >= 0.3 is 0 Å². The van der Waals surface area contributed by atoms with Crippen LogP contribution in [0.2, 0.25) is 0 Å². The normalized spacial score (nSPS) is 21.6. The van der Waals surface area contributed by atoms with Gasteiger partial charge in [0.25, 0.3) is 0 Å². The minimum absolute atomic E-state index is 0.248. The van der Waals surface area contributed by atoms with Crippen LogP contribution in [0.1, 0.15) is 22.7 Å². The van der Waals surface area contributed by atoms with Gasteiger partial charge < -0.3 is 10.1 Å². The summed E-state index contributed by atoms with van der Waals surface area (Å²) < 4.78 is 33.4. The quantitative estimate of drug-likeness (QED) is 0.912. The molecule has 7 heteroatoms. The van der Waals surface area contributed by atoms with Crippen molar-refractivity contribution in [1.82, 2.24) is 14.6 Å². The van der Waals surface area contributed by atoms with Crippen LogP contribution in [-0.4, -0.2) is 37.3 Å². The van der Waals surface area contributed by atoms with Crippen molar-refractivity contribution in [2.75, 3.05) is 19.6 Å². The maximum atomic E-state index is 13.2. The summed E-state index contributed by atoms with van der Waals surface area (Å²) in [4.78, 5) is 4.47. The first kappa shape index (κ1) is 15.7. The summed E-state index contributed by atoms with van der Waals surface area (Å²) in [7, 11) is -3.57. The lowest BCUT2D eigenvalue weighted by atomic mass is 10.1. The number of pyridine rings is 1. The third-order valence-electron chi connectivity index (χ3n) is 4.56. The van der Waals surface area contributed by atoms with Gasteiger partial charge in [-0.1, -0.05) is 12.1 Å². The van der Waals surface area contributed by atoms with Crippen LogP contribution in [-0.2, 0) is 28.0 Å². The van der Waals surface area contributed by atoms with Gasteiger partial charge in [-0.05, 0) is 34.9 Å². The van der Waals surface area contributed by atoms with Gasteiger partial charge in [0.1, 0.15) is 0 Å². The van der Waals surface area contributed by atoms with E-state index in [9.17, 15) is 8.42 Å². The van der Waals surface area contributed by atoms with E-state index in [4.69, 9.17) is 4.74 Å². The Morgan fingerprint density at radius 2 is 2.08 bits per heavy atom. The fourth-order valence-electron chi connectivity index (χ4n) is 3.27. The molecule has 24 heavy (non-hydrogen) atoms. The number of nitrogens with zero attached hydrogens (tertiary/aromatic N) is 2. The first-order valence-electron chi connectivity index (χ1n) is 7.98. The van der Waals surface area contributed by atoms with Gasteiger partial charge in [-0.25, -0.2) is 8.42 Å². The number of fused-ring (bicyclic) bond motifs is 1. The Balaban J connectivity index is 1.71. The third kappa shape index (κ3) is 2.73. The number of aromatic nitrogens is 1. The van der Waals surface area contributed by atoms with Crippen molar-refractivity contribution in [2.45, 2.75) is 24.2 Å². The highest BCUT2D eigenvalue weighted by Gasteiger charge is 2.35. The monoisotopic (exact) mass is 345 g/mol. The first-order chi connectivity index (χ1) is 11.7. The van der Waals surface area contributed by atoms with Crippen molar-refractivity contribution < 1.29 is 13.2 Å². The summed E-state index contributed by atoms with van der Waals surface area (Å²) >= 11 is 0. The van der Waals surface area contributed by atoms with Gasteiger partial charge in [0.2, 0.25) is 10.0 Å². The largest absolute Gasteiger partial charge is 0.372 e. The average molecular weight is 345 g/mol. The molecule has 2 aromatic rings. The highest BCUT2D eigenvalue weighted by atomic mass is 32.2. The maximum Gasteiger partial charge on any atom is 0.243 e. The second-order valence-corrected chi connectivity index (χ2v) is 7.94. The second kappa shape index (κ2) is 6.25. The topological polar surface area (TPSA) is 71.5 Å². The average Bonchev–Trinajstić information content (AvgIpc) is 3.10. The highest BCUT2D eigenvalue weighted by Crippen LogP contribution is 2.30. The number of benzene rings is 1. The molecule has 0 bridgehead atoms. The van der Waals surface area contributed by atoms with E-state index in [0.717, 1.165) is 16.7 Å². The van der Waals surface area contributed by atoms with Crippen LogP contribution >= 0.6 is 0 Å². The number of piperazine rings is 1. The minimum Gasteiger partial charge on any atom is -0.372 e. The van der Waals surface area contributed by atoms with Crippen molar-refractivity contribution in [3.8, 4) is 0 Å². The van der Waals surface area contributed by atoms with Crippen LogP contribution < -0.4 is 5.32 Å². The number of ether oxygens (including phenoxy) is 1. The molecule has 2 aliphatic heterocycles. The molecule has 1 unspecified atom stereocenters. The number of hydrogen-bond donors (Lipinski definition) is 1. The summed E-state index contributed by atoms with van der Waals surface area (Å²) in [5.41, 5.74) is 2.93. The van der Waals surface area contributed by atoms with Crippen molar-refractivity contribution in [3.63, 3.8) is 0 Å². The molecule has 2 aliphatic rings. The molecule has 126 valence electrons. The zero-order valence-corrected chi connectivity index (χ0v) is 14.0. The van der Waals surface area contributed by atoms with Gasteiger partial charge in [-0.2, -0.15) is 4.31 Å². The Morgan fingerprint density at radius 3 is 2.92 bits per heavy atom. The number of nitrogens with one attached hydrogen (secondary N) is 1. The summed E-state index contributed by atoms with van der Waals surface area (Å²) in [6.45, 7) is 2.70. The van der Waals surface area contributed by atoms with Crippen LogP contribution in [0.3, 0.4) is 0 Å². The standard InChI is InChI=1S/C17H19N3O3S/c21-24(22,16-4-3-14-11-23-12-15(14)8-16)20-7-6-19-10-17(20)13-2-1-5-18-9-13/h1-5,8-9,17,19H,6-7,10-12H2. The minimum atomic E-state index is -3.57. The zero-order chi connectivity index (χ0) is 16.6. The molecule has 0 radical (unpaired) electrons. The summed E-state index contributed by atoms with van der Waals surface area (Å²) in [5.74, 6) is 0. The van der Waals surface area contributed by atoms with E-state index in [1.54, 1.807) is 28.8 Å². The van der Waals surface area contributed by atoms with Gasteiger partial charge in [0.05, 0.1) is 24.2 Å². The molecular formula is C17H19N3O3S. The van der Waals surface area contributed by atoms with Crippen molar-refractivity contribution in [1.29, 1.82) is 0 Å². The lowest BCUT2D eigenvalue weighted by Crippen LogP contribution is -2.48. The molecule has 6 nitrogen and oxygen atoms in total. The summed E-state index contributed by atoms with van der Waals surface area (Å²) in [5, 5.41) is 3.27. The molecule has 4 rings (SSSR count). The number of rotatable bonds is 3. The van der Waals surface area contributed by atoms with E-state index < -0.39 is 10.0 Å². The molecule has 1 aromatic heterocycles. The first-order valence-corrected chi connectivity index (χ1v) is 9.42. The molecule has 1 N–H and O–H groups in total. The van der Waals surface area contributed by atoms with Crippen LogP contribution in [0.25, 0.3) is 0 Å². The number of sulfonamides is 1. The van der Waals surface area contributed by atoms with Crippen molar-refractivity contribution in [3.05, 3.63) is 59.4 Å². The molecule has 1 saturated heterocycles. The van der Waals surface area contributed by atoms with E-state index >= 15 is 0 Å². The summed E-state index contributed by atoms with van der Waals surface area (Å²) in [6, 6.07) is 8.80. The van der Waals surface area contributed by atoms with Gasteiger partial charge in [0, 0.05) is 32.0 Å². The Labute approximate surface area is 141 Å². The van der Waals surface area contributed by atoms with E-state index in [1.807, 2.05) is 18.2 Å². The van der Waals surface area contributed by atoms with E-state index in [-0.39, 0.29) is 6.04 Å². The second-order valence-electron chi connectivity index (χ2n) is 6.05. The number of hydrogen-bond acceptors (Lipinski definition) is 5. The fourth-order valence-corrected chi connectivity index (χ4v) is 4.94. The maximum absolute atomic E-state index is 13.2. The Hall–Kier alpha value is -1.80. The highest BCUT2D eigenvalue weighted by molar-refractivity contribution is 7.89. The van der Waals surface area contributed by atoms with Crippen LogP contribution in [0.5, 0.6) is 0 Å². The van der Waals surface area contributed by atoms with Gasteiger partial charge in [-0.15, -0.1) is 0 Å². The van der Waals surface area contributed by atoms with Crippen LogP contribution in [0.4, 0.5) is 0 Å². The SMILES string of the molecule is O=S(=O)(c1ccc2c(c1)COC2)N1CCNCC1c1cccnc1. The Morgan fingerprint density at radius 1 is 1.21 bits per heavy atom.